The Hall–Kier alpha value is -1.68. The molecule has 2 aromatic rings. The van der Waals surface area contributed by atoms with Crippen molar-refractivity contribution in [2.24, 2.45) is 0 Å². The molecule has 0 unspecified atom stereocenters. The van der Waals surface area contributed by atoms with Crippen molar-refractivity contribution in [3.8, 4) is 0 Å². The molecule has 96 valence electrons. The maximum absolute atomic E-state index is 13.2. The van der Waals surface area contributed by atoms with E-state index in [0.717, 1.165) is 36.4 Å². The van der Waals surface area contributed by atoms with Crippen molar-refractivity contribution in [2.45, 2.75) is 19.9 Å². The molecule has 3 nitrogen and oxygen atoms in total. The molecule has 4 heteroatoms. The Morgan fingerprint density at radius 2 is 2.28 bits per heavy atom. The average Bonchev–Trinajstić information content (AvgIpc) is 2.63. The number of likely N-dealkylation sites (N-methyl/N-ethyl adjacent to an activating group) is 1. The first-order valence-electron chi connectivity index (χ1n) is 6.05. The lowest BCUT2D eigenvalue weighted by Gasteiger charge is -2.08. The van der Waals surface area contributed by atoms with Crippen LogP contribution in [0.5, 0.6) is 0 Å². The minimum atomic E-state index is -0.248. The highest BCUT2D eigenvalue weighted by atomic mass is 19.1. The van der Waals surface area contributed by atoms with Gasteiger partial charge < -0.3 is 9.88 Å². The number of aromatic nitrogens is 2. The SMILES string of the molecule is C=C(C)Cn1c(CCNC)nc2cc(F)ccc21. The van der Waals surface area contributed by atoms with Crippen LogP contribution in [-0.2, 0) is 13.0 Å². The number of nitrogens with one attached hydrogen (secondary N) is 1. The second kappa shape index (κ2) is 5.31. The van der Waals surface area contributed by atoms with Gasteiger partial charge in [-0.3, -0.25) is 0 Å². The fourth-order valence-electron chi connectivity index (χ4n) is 2.03. The van der Waals surface area contributed by atoms with Gasteiger partial charge in [0.1, 0.15) is 11.6 Å². The molecule has 0 spiro atoms. The summed E-state index contributed by atoms with van der Waals surface area (Å²) in [4.78, 5) is 4.51. The van der Waals surface area contributed by atoms with Gasteiger partial charge in [0.25, 0.3) is 0 Å². The number of rotatable bonds is 5. The maximum atomic E-state index is 13.2. The summed E-state index contributed by atoms with van der Waals surface area (Å²) in [6.07, 6.45) is 0.820. The van der Waals surface area contributed by atoms with Crippen LogP contribution < -0.4 is 5.32 Å². The molecular formula is C14H18FN3. The molecule has 1 heterocycles. The molecule has 0 amide bonds. The van der Waals surface area contributed by atoms with Crippen LogP contribution in [0, 0.1) is 5.82 Å². The highest BCUT2D eigenvalue weighted by molar-refractivity contribution is 5.76. The quantitative estimate of drug-likeness (QED) is 0.823. The van der Waals surface area contributed by atoms with Crippen LogP contribution >= 0.6 is 0 Å². The third kappa shape index (κ3) is 2.59. The molecule has 0 radical (unpaired) electrons. The lowest BCUT2D eigenvalue weighted by Crippen LogP contribution is -2.14. The third-order valence-electron chi connectivity index (χ3n) is 2.82. The van der Waals surface area contributed by atoms with Gasteiger partial charge in [-0.1, -0.05) is 12.2 Å². The van der Waals surface area contributed by atoms with Gasteiger partial charge in [0, 0.05) is 25.6 Å². The van der Waals surface area contributed by atoms with Crippen molar-refractivity contribution in [3.05, 3.63) is 42.0 Å². The number of imidazole rings is 1. The molecule has 0 bridgehead atoms. The van der Waals surface area contributed by atoms with E-state index in [4.69, 9.17) is 0 Å². The summed E-state index contributed by atoms with van der Waals surface area (Å²) in [5, 5.41) is 3.10. The van der Waals surface area contributed by atoms with Crippen LogP contribution in [0.15, 0.2) is 30.4 Å². The summed E-state index contributed by atoms with van der Waals surface area (Å²) in [7, 11) is 1.91. The molecule has 0 aliphatic heterocycles. The second-order valence-corrected chi connectivity index (χ2v) is 4.56. The zero-order valence-electron chi connectivity index (χ0n) is 10.8. The Bertz CT molecular complexity index is 572. The van der Waals surface area contributed by atoms with E-state index in [9.17, 15) is 4.39 Å². The monoisotopic (exact) mass is 247 g/mol. The zero-order chi connectivity index (χ0) is 13.1. The molecule has 1 N–H and O–H groups in total. The van der Waals surface area contributed by atoms with Crippen LogP contribution in [0.3, 0.4) is 0 Å². The lowest BCUT2D eigenvalue weighted by molar-refractivity contribution is 0.629. The maximum Gasteiger partial charge on any atom is 0.125 e. The van der Waals surface area contributed by atoms with Gasteiger partial charge in [0.15, 0.2) is 0 Å². The van der Waals surface area contributed by atoms with E-state index in [0.29, 0.717) is 5.52 Å². The van der Waals surface area contributed by atoms with E-state index in [-0.39, 0.29) is 5.82 Å². The Labute approximate surface area is 106 Å². The molecule has 2 rings (SSSR count). The summed E-state index contributed by atoms with van der Waals surface area (Å²) in [5.41, 5.74) is 2.73. The first kappa shape index (κ1) is 12.8. The predicted molar refractivity (Wildman–Crippen MR) is 72.1 cm³/mol. The van der Waals surface area contributed by atoms with Gasteiger partial charge in [-0.15, -0.1) is 0 Å². The van der Waals surface area contributed by atoms with Crippen molar-refractivity contribution in [1.82, 2.24) is 14.9 Å². The lowest BCUT2D eigenvalue weighted by atomic mass is 10.3. The van der Waals surface area contributed by atoms with Crippen LogP contribution in [0.25, 0.3) is 11.0 Å². The summed E-state index contributed by atoms with van der Waals surface area (Å²) in [6.45, 7) is 7.49. The van der Waals surface area contributed by atoms with Gasteiger partial charge in [-0.2, -0.15) is 0 Å². The largest absolute Gasteiger partial charge is 0.324 e. The number of benzene rings is 1. The molecule has 1 aromatic heterocycles. The van der Waals surface area contributed by atoms with Crippen LogP contribution in [0.4, 0.5) is 4.39 Å². The van der Waals surface area contributed by atoms with Crippen LogP contribution in [0.2, 0.25) is 0 Å². The van der Waals surface area contributed by atoms with Crippen LogP contribution in [-0.4, -0.2) is 23.1 Å². The van der Waals surface area contributed by atoms with Gasteiger partial charge in [0.05, 0.1) is 11.0 Å². The van der Waals surface area contributed by atoms with Crippen molar-refractivity contribution in [3.63, 3.8) is 0 Å². The average molecular weight is 247 g/mol. The summed E-state index contributed by atoms with van der Waals surface area (Å²) in [5.74, 6) is 0.718. The number of hydrogen-bond acceptors (Lipinski definition) is 2. The van der Waals surface area contributed by atoms with E-state index in [2.05, 4.69) is 21.4 Å². The second-order valence-electron chi connectivity index (χ2n) is 4.56. The first-order valence-corrected chi connectivity index (χ1v) is 6.05. The minimum absolute atomic E-state index is 0.248. The van der Waals surface area contributed by atoms with E-state index >= 15 is 0 Å². The number of allylic oxidation sites excluding steroid dienone is 1. The number of hydrogen-bond donors (Lipinski definition) is 1. The van der Waals surface area contributed by atoms with E-state index in [1.165, 1.54) is 12.1 Å². The van der Waals surface area contributed by atoms with Gasteiger partial charge in [-0.25, -0.2) is 9.37 Å². The van der Waals surface area contributed by atoms with E-state index in [1.54, 1.807) is 6.07 Å². The summed E-state index contributed by atoms with van der Waals surface area (Å²) in [6, 6.07) is 4.73. The van der Waals surface area contributed by atoms with Crippen molar-refractivity contribution in [1.29, 1.82) is 0 Å². The predicted octanol–water partition coefficient (Wildman–Crippen LogP) is 2.51. The number of fused-ring (bicyclic) bond motifs is 1. The number of nitrogens with zero attached hydrogens (tertiary/aromatic N) is 2. The van der Waals surface area contributed by atoms with Crippen molar-refractivity contribution in [2.75, 3.05) is 13.6 Å². The topological polar surface area (TPSA) is 29.9 Å². The van der Waals surface area contributed by atoms with Crippen LogP contribution in [0.1, 0.15) is 12.7 Å². The highest BCUT2D eigenvalue weighted by Gasteiger charge is 2.10. The number of halogens is 1. The van der Waals surface area contributed by atoms with Gasteiger partial charge >= 0.3 is 0 Å². The fraction of sp³-hybridized carbons (Fsp3) is 0.357. The van der Waals surface area contributed by atoms with Crippen molar-refractivity contribution >= 4 is 11.0 Å². The van der Waals surface area contributed by atoms with Gasteiger partial charge in [0.2, 0.25) is 0 Å². The standard InChI is InChI=1S/C14H18FN3/c1-10(2)9-18-13-5-4-11(15)8-12(13)17-14(18)6-7-16-3/h4-5,8,16H,1,6-7,9H2,2-3H3. The Morgan fingerprint density at radius 1 is 1.50 bits per heavy atom. The normalized spacial score (nSPS) is 11.1. The Kier molecular flexibility index (Phi) is 3.77. The van der Waals surface area contributed by atoms with E-state index in [1.807, 2.05) is 14.0 Å². The Morgan fingerprint density at radius 3 is 2.94 bits per heavy atom. The molecule has 0 saturated heterocycles. The summed E-state index contributed by atoms with van der Waals surface area (Å²) >= 11 is 0. The molecule has 0 aliphatic rings. The molecule has 0 fully saturated rings. The zero-order valence-corrected chi connectivity index (χ0v) is 10.8. The molecule has 18 heavy (non-hydrogen) atoms. The fourth-order valence-corrected chi connectivity index (χ4v) is 2.03. The minimum Gasteiger partial charge on any atom is -0.324 e. The third-order valence-corrected chi connectivity index (χ3v) is 2.82. The molecule has 1 aromatic carbocycles. The van der Waals surface area contributed by atoms with Crippen molar-refractivity contribution < 1.29 is 4.39 Å². The molecular weight excluding hydrogens is 229 g/mol. The van der Waals surface area contributed by atoms with Gasteiger partial charge in [-0.05, 0) is 26.1 Å². The molecule has 0 saturated carbocycles. The smallest absolute Gasteiger partial charge is 0.125 e. The highest BCUT2D eigenvalue weighted by Crippen LogP contribution is 2.19. The van der Waals surface area contributed by atoms with E-state index < -0.39 is 0 Å². The molecule has 0 atom stereocenters. The first-order chi connectivity index (χ1) is 8.61. The Balaban J connectivity index is 2.49. The molecule has 0 aliphatic carbocycles. The summed E-state index contributed by atoms with van der Waals surface area (Å²) < 4.78 is 15.3.